The molecule has 3 aromatic rings. The van der Waals surface area contributed by atoms with Gasteiger partial charge in [-0.2, -0.15) is 0 Å². The molecule has 0 bridgehead atoms. The Bertz CT molecular complexity index is 1310. The van der Waals surface area contributed by atoms with E-state index in [0.717, 1.165) is 12.8 Å². The first kappa shape index (κ1) is 22.0. The second-order valence-corrected chi connectivity index (χ2v) is 10.9. The molecule has 0 spiro atoms. The van der Waals surface area contributed by atoms with Crippen LogP contribution >= 0.6 is 0 Å². The van der Waals surface area contributed by atoms with Gasteiger partial charge in [0.1, 0.15) is 17.2 Å². The number of nitrogens with zero attached hydrogens (tertiary/aromatic N) is 3. The van der Waals surface area contributed by atoms with Gasteiger partial charge in [-0.15, -0.1) is 0 Å². The molecular weight excluding hydrogens is 447 g/mol. The highest BCUT2D eigenvalue weighted by Gasteiger charge is 2.32. The molecule has 2 saturated heterocycles. The quantitative estimate of drug-likeness (QED) is 0.613. The first-order valence-electron chi connectivity index (χ1n) is 11.1. The number of amides is 1. The second kappa shape index (κ2) is 8.49. The van der Waals surface area contributed by atoms with Crippen LogP contribution < -0.4 is 5.32 Å². The van der Waals surface area contributed by atoms with Crippen LogP contribution in [0.1, 0.15) is 41.6 Å². The predicted molar refractivity (Wildman–Crippen MR) is 121 cm³/mol. The van der Waals surface area contributed by atoms with Crippen LogP contribution in [-0.2, 0) is 14.6 Å². The van der Waals surface area contributed by atoms with Gasteiger partial charge in [0.25, 0.3) is 5.91 Å². The molecule has 5 rings (SSSR count). The topological polar surface area (TPSA) is 103 Å². The maximum Gasteiger partial charge on any atom is 0.272 e. The zero-order valence-corrected chi connectivity index (χ0v) is 19.1. The lowest BCUT2D eigenvalue weighted by Gasteiger charge is -2.15. The van der Waals surface area contributed by atoms with Crippen molar-refractivity contribution in [2.24, 2.45) is 0 Å². The molecule has 1 N–H and O–H groups in total. The van der Waals surface area contributed by atoms with Crippen LogP contribution in [0.3, 0.4) is 0 Å². The Morgan fingerprint density at radius 1 is 1.24 bits per heavy atom. The van der Waals surface area contributed by atoms with E-state index in [1.807, 2.05) is 4.57 Å². The Balaban J connectivity index is 1.60. The second-order valence-electron chi connectivity index (χ2n) is 8.66. The van der Waals surface area contributed by atoms with Gasteiger partial charge < -0.3 is 14.6 Å². The number of aromatic nitrogens is 3. The number of sulfone groups is 1. The third-order valence-electron chi connectivity index (χ3n) is 6.30. The fourth-order valence-corrected chi connectivity index (χ4v) is 6.37. The van der Waals surface area contributed by atoms with Gasteiger partial charge in [-0.05, 0) is 56.5 Å². The fraction of sp³-hybridized carbons (Fsp3) is 0.435. The zero-order chi connectivity index (χ0) is 23.2. The van der Waals surface area contributed by atoms with Crippen molar-refractivity contribution < 1.29 is 22.3 Å². The Morgan fingerprint density at radius 2 is 2.03 bits per heavy atom. The number of halogens is 1. The van der Waals surface area contributed by atoms with Gasteiger partial charge in [0.05, 0.1) is 34.9 Å². The van der Waals surface area contributed by atoms with Crippen molar-refractivity contribution in [3.05, 3.63) is 47.7 Å². The van der Waals surface area contributed by atoms with Crippen molar-refractivity contribution in [2.75, 3.05) is 24.7 Å². The van der Waals surface area contributed by atoms with Gasteiger partial charge >= 0.3 is 0 Å². The van der Waals surface area contributed by atoms with E-state index in [1.54, 1.807) is 25.1 Å². The molecule has 10 heteroatoms. The van der Waals surface area contributed by atoms with Crippen LogP contribution in [0, 0.1) is 12.7 Å². The summed E-state index contributed by atoms with van der Waals surface area (Å²) in [5, 5.41) is 2.90. The molecule has 174 valence electrons. The Morgan fingerprint density at radius 3 is 2.70 bits per heavy atom. The third-order valence-corrected chi connectivity index (χ3v) is 8.05. The van der Waals surface area contributed by atoms with Crippen molar-refractivity contribution in [1.82, 2.24) is 19.9 Å². The molecule has 2 aliphatic heterocycles. The molecule has 33 heavy (non-hydrogen) atoms. The Labute approximate surface area is 191 Å². The van der Waals surface area contributed by atoms with E-state index in [1.165, 1.54) is 12.1 Å². The monoisotopic (exact) mass is 472 g/mol. The highest BCUT2D eigenvalue weighted by atomic mass is 32.2. The van der Waals surface area contributed by atoms with Crippen LogP contribution in [0.25, 0.3) is 22.3 Å². The smallest absolute Gasteiger partial charge is 0.272 e. The van der Waals surface area contributed by atoms with Crippen LogP contribution in [0.4, 0.5) is 4.39 Å². The molecule has 1 aromatic carbocycles. The third kappa shape index (κ3) is 4.37. The largest absolute Gasteiger partial charge is 0.376 e. The number of carbonyl (C=O) groups excluding carboxylic acids is 1. The van der Waals surface area contributed by atoms with Gasteiger partial charge in [0, 0.05) is 18.7 Å². The summed E-state index contributed by atoms with van der Waals surface area (Å²) in [5.74, 6) is 0.0445. The summed E-state index contributed by atoms with van der Waals surface area (Å²) in [6.45, 7) is 2.87. The summed E-state index contributed by atoms with van der Waals surface area (Å²) < 4.78 is 45.2. The first-order chi connectivity index (χ1) is 15.8. The molecule has 4 heterocycles. The molecule has 1 amide bonds. The molecule has 8 nitrogen and oxygen atoms in total. The molecule has 2 atom stereocenters. The number of hydrogen-bond donors (Lipinski definition) is 1. The number of rotatable bonds is 5. The van der Waals surface area contributed by atoms with Crippen LogP contribution in [-0.4, -0.2) is 59.6 Å². The van der Waals surface area contributed by atoms with E-state index < -0.39 is 9.84 Å². The summed E-state index contributed by atoms with van der Waals surface area (Å²) in [7, 11) is -3.12. The minimum atomic E-state index is -3.12. The van der Waals surface area contributed by atoms with E-state index in [-0.39, 0.29) is 41.1 Å². The van der Waals surface area contributed by atoms with Gasteiger partial charge in [0.2, 0.25) is 0 Å². The van der Waals surface area contributed by atoms with E-state index in [0.29, 0.717) is 47.7 Å². The standard InChI is InChI=1S/C23H25FN4O4S/c1-14-26-21-20(28(14)17-8-10-33(30,31)13-17)11-19(15-4-6-16(24)7-5-15)27-22(21)23(29)25-12-18-3-2-9-32-18/h4-7,11,17-18H,2-3,8-10,12-13H2,1H3,(H,25,29). The molecule has 2 aliphatic rings. The van der Waals surface area contributed by atoms with E-state index in [4.69, 9.17) is 4.74 Å². The number of aryl methyl sites for hydroxylation is 1. The molecule has 2 unspecified atom stereocenters. The van der Waals surface area contributed by atoms with Gasteiger partial charge in [-0.1, -0.05) is 0 Å². The average Bonchev–Trinajstić information content (AvgIpc) is 3.50. The number of nitrogens with one attached hydrogen (secondary N) is 1. The predicted octanol–water partition coefficient (Wildman–Crippen LogP) is 2.81. The summed E-state index contributed by atoms with van der Waals surface area (Å²) in [6.07, 6.45) is 2.33. The summed E-state index contributed by atoms with van der Waals surface area (Å²) >= 11 is 0. The number of carbonyl (C=O) groups is 1. The Kier molecular flexibility index (Phi) is 5.65. The minimum absolute atomic E-state index is 0.0206. The number of pyridine rings is 1. The lowest BCUT2D eigenvalue weighted by molar-refractivity contribution is 0.0855. The highest BCUT2D eigenvalue weighted by Crippen LogP contribution is 2.32. The normalized spacial score (nSPS) is 22.1. The number of imidazole rings is 1. The average molecular weight is 473 g/mol. The number of fused-ring (bicyclic) bond motifs is 1. The van der Waals surface area contributed by atoms with Gasteiger partial charge in [-0.25, -0.2) is 22.8 Å². The van der Waals surface area contributed by atoms with Crippen LogP contribution in [0.2, 0.25) is 0 Å². The van der Waals surface area contributed by atoms with E-state index in [2.05, 4.69) is 15.3 Å². The number of ether oxygens (including phenoxy) is 1. The van der Waals surface area contributed by atoms with E-state index in [9.17, 15) is 17.6 Å². The molecular formula is C23H25FN4O4S. The highest BCUT2D eigenvalue weighted by molar-refractivity contribution is 7.91. The van der Waals surface area contributed by atoms with Crippen molar-refractivity contribution in [1.29, 1.82) is 0 Å². The van der Waals surface area contributed by atoms with Crippen molar-refractivity contribution in [3.63, 3.8) is 0 Å². The zero-order valence-electron chi connectivity index (χ0n) is 18.3. The number of hydrogen-bond acceptors (Lipinski definition) is 6. The van der Waals surface area contributed by atoms with Gasteiger partial charge in [-0.3, -0.25) is 4.79 Å². The molecule has 0 aliphatic carbocycles. The van der Waals surface area contributed by atoms with Crippen molar-refractivity contribution in [2.45, 2.75) is 38.3 Å². The maximum absolute atomic E-state index is 13.5. The van der Waals surface area contributed by atoms with Gasteiger partial charge in [0.15, 0.2) is 15.5 Å². The molecule has 0 radical (unpaired) electrons. The van der Waals surface area contributed by atoms with Crippen LogP contribution in [0.5, 0.6) is 0 Å². The SMILES string of the molecule is Cc1nc2c(C(=O)NCC3CCCO3)nc(-c3ccc(F)cc3)cc2n1C1CCS(=O)(=O)C1. The summed E-state index contributed by atoms with van der Waals surface area (Å²) in [6, 6.07) is 7.42. The molecule has 0 saturated carbocycles. The molecule has 2 aromatic heterocycles. The van der Waals surface area contributed by atoms with Crippen molar-refractivity contribution in [3.8, 4) is 11.3 Å². The molecule has 2 fully saturated rings. The summed E-state index contributed by atoms with van der Waals surface area (Å²) in [4.78, 5) is 22.4. The van der Waals surface area contributed by atoms with Crippen molar-refractivity contribution >= 4 is 26.8 Å². The fourth-order valence-electron chi connectivity index (χ4n) is 4.67. The van der Waals surface area contributed by atoms with Crippen LogP contribution in [0.15, 0.2) is 30.3 Å². The van der Waals surface area contributed by atoms with E-state index >= 15 is 0 Å². The maximum atomic E-state index is 13.5. The Hall–Kier alpha value is -2.85. The lowest BCUT2D eigenvalue weighted by atomic mass is 10.1. The minimum Gasteiger partial charge on any atom is -0.376 e. The summed E-state index contributed by atoms with van der Waals surface area (Å²) in [5.41, 5.74) is 2.37. The first-order valence-corrected chi connectivity index (χ1v) is 12.9. The lowest BCUT2D eigenvalue weighted by Crippen LogP contribution is -2.32. The number of benzene rings is 1.